The van der Waals surface area contributed by atoms with Crippen molar-refractivity contribution in [3.8, 4) is 11.3 Å². The first-order chi connectivity index (χ1) is 10.1. The van der Waals surface area contributed by atoms with Crippen molar-refractivity contribution in [2.75, 3.05) is 19.8 Å². The number of amides is 1. The normalized spacial score (nSPS) is 18.8. The number of carbonyl (C=O) groups is 1. The van der Waals surface area contributed by atoms with Crippen LogP contribution in [-0.2, 0) is 4.74 Å². The van der Waals surface area contributed by atoms with E-state index in [2.05, 4.69) is 17.8 Å². The van der Waals surface area contributed by atoms with Crippen molar-refractivity contribution in [3.63, 3.8) is 0 Å². The molecule has 0 radical (unpaired) electrons. The Morgan fingerprint density at radius 2 is 2.29 bits per heavy atom. The van der Waals surface area contributed by atoms with E-state index >= 15 is 0 Å². The van der Waals surface area contributed by atoms with Gasteiger partial charge in [-0.15, -0.1) is 0 Å². The average molecular weight is 325 g/mol. The van der Waals surface area contributed by atoms with Crippen LogP contribution in [0.3, 0.4) is 0 Å². The summed E-state index contributed by atoms with van der Waals surface area (Å²) in [7, 11) is 0. The molecule has 1 atom stereocenters. The summed E-state index contributed by atoms with van der Waals surface area (Å²) in [5.74, 6) is 0.602. The number of thiol groups is 1. The molecule has 21 heavy (non-hydrogen) atoms. The molecule has 2 heterocycles. The predicted octanol–water partition coefficient (Wildman–Crippen LogP) is 3.42. The number of benzene rings is 1. The zero-order valence-corrected chi connectivity index (χ0v) is 12.7. The van der Waals surface area contributed by atoms with E-state index in [4.69, 9.17) is 20.9 Å². The highest BCUT2D eigenvalue weighted by Crippen LogP contribution is 2.29. The number of ether oxygens (including phenoxy) is 1. The summed E-state index contributed by atoms with van der Waals surface area (Å²) in [5, 5.41) is 4.38. The predicted molar refractivity (Wildman–Crippen MR) is 81.6 cm³/mol. The Labute approximate surface area is 132 Å². The summed E-state index contributed by atoms with van der Waals surface area (Å²) in [6, 6.07) is 8.83. The van der Waals surface area contributed by atoms with Crippen LogP contribution in [0.15, 0.2) is 34.9 Å². The molecule has 0 bridgehead atoms. The summed E-state index contributed by atoms with van der Waals surface area (Å²) in [6.07, 6.45) is 0. The summed E-state index contributed by atoms with van der Waals surface area (Å²) in [5.41, 5.74) is 1.48. The molecular formula is C14H13ClN2O3S. The SMILES string of the molecule is O=C(S)N1CCOCC1c1cc(-c2cccc(Cl)c2)on1. The highest BCUT2D eigenvalue weighted by molar-refractivity contribution is 7.96. The van der Waals surface area contributed by atoms with Crippen molar-refractivity contribution in [3.05, 3.63) is 41.0 Å². The molecule has 0 aliphatic carbocycles. The maximum Gasteiger partial charge on any atom is 0.279 e. The van der Waals surface area contributed by atoms with E-state index in [-0.39, 0.29) is 11.3 Å². The second-order valence-electron chi connectivity index (χ2n) is 4.69. The Hall–Kier alpha value is -1.50. The van der Waals surface area contributed by atoms with Gasteiger partial charge in [0, 0.05) is 23.2 Å². The molecule has 2 aromatic rings. The van der Waals surface area contributed by atoms with Gasteiger partial charge in [-0.1, -0.05) is 41.5 Å². The Balaban J connectivity index is 1.88. The van der Waals surface area contributed by atoms with Gasteiger partial charge in [0.15, 0.2) is 5.76 Å². The number of morpholine rings is 1. The van der Waals surface area contributed by atoms with Crippen molar-refractivity contribution >= 4 is 29.5 Å². The monoisotopic (exact) mass is 324 g/mol. The Morgan fingerprint density at radius 1 is 1.43 bits per heavy atom. The Kier molecular flexibility index (Phi) is 4.19. The van der Waals surface area contributed by atoms with Gasteiger partial charge in [-0.2, -0.15) is 0 Å². The van der Waals surface area contributed by atoms with Crippen LogP contribution < -0.4 is 0 Å². The molecule has 1 amide bonds. The largest absolute Gasteiger partial charge is 0.377 e. The number of rotatable bonds is 2. The Bertz CT molecular complexity index is 661. The lowest BCUT2D eigenvalue weighted by Crippen LogP contribution is -2.41. The highest BCUT2D eigenvalue weighted by atomic mass is 35.5. The van der Waals surface area contributed by atoms with Crippen molar-refractivity contribution in [2.45, 2.75) is 6.04 Å². The molecule has 1 aliphatic rings. The van der Waals surface area contributed by atoms with E-state index in [1.54, 1.807) is 23.1 Å². The zero-order valence-electron chi connectivity index (χ0n) is 11.0. The standard InChI is InChI=1S/C14H13ClN2O3S/c15-10-3-1-2-9(6-10)13-7-11(16-20-13)12-8-19-5-4-17(12)14(18)21/h1-3,6-7,12H,4-5,8H2,(H,18,21). The van der Waals surface area contributed by atoms with E-state index in [1.165, 1.54) is 0 Å². The van der Waals surface area contributed by atoms with Gasteiger partial charge in [0.2, 0.25) is 0 Å². The van der Waals surface area contributed by atoms with Crippen LogP contribution in [0, 0.1) is 0 Å². The van der Waals surface area contributed by atoms with Crippen molar-refractivity contribution < 1.29 is 14.1 Å². The fraction of sp³-hybridized carbons (Fsp3) is 0.286. The third kappa shape index (κ3) is 3.07. The number of nitrogens with zero attached hydrogens (tertiary/aromatic N) is 2. The first-order valence-electron chi connectivity index (χ1n) is 6.45. The molecule has 0 N–H and O–H groups in total. The number of hydrogen-bond acceptors (Lipinski definition) is 4. The maximum absolute atomic E-state index is 11.6. The van der Waals surface area contributed by atoms with E-state index in [0.29, 0.717) is 36.2 Å². The quantitative estimate of drug-likeness (QED) is 0.860. The van der Waals surface area contributed by atoms with E-state index in [9.17, 15) is 4.79 Å². The fourth-order valence-electron chi connectivity index (χ4n) is 2.30. The zero-order chi connectivity index (χ0) is 14.8. The molecule has 1 aliphatic heterocycles. The van der Waals surface area contributed by atoms with Crippen LogP contribution in [0.25, 0.3) is 11.3 Å². The molecule has 1 aromatic heterocycles. The average Bonchev–Trinajstić information content (AvgIpc) is 2.97. The summed E-state index contributed by atoms with van der Waals surface area (Å²) >= 11 is 9.87. The summed E-state index contributed by atoms with van der Waals surface area (Å²) in [6.45, 7) is 1.38. The molecule has 1 saturated heterocycles. The molecule has 5 nitrogen and oxygen atoms in total. The Morgan fingerprint density at radius 3 is 3.05 bits per heavy atom. The van der Waals surface area contributed by atoms with E-state index in [0.717, 1.165) is 5.56 Å². The molecule has 0 spiro atoms. The van der Waals surface area contributed by atoms with Crippen LogP contribution in [-0.4, -0.2) is 35.1 Å². The van der Waals surface area contributed by atoms with Gasteiger partial charge in [-0.05, 0) is 12.1 Å². The fourth-order valence-corrected chi connectivity index (χ4v) is 2.73. The molecule has 1 aromatic carbocycles. The number of aromatic nitrogens is 1. The summed E-state index contributed by atoms with van der Waals surface area (Å²) < 4.78 is 10.8. The van der Waals surface area contributed by atoms with Gasteiger partial charge in [0.05, 0.1) is 13.2 Å². The highest BCUT2D eigenvalue weighted by Gasteiger charge is 2.29. The first-order valence-corrected chi connectivity index (χ1v) is 7.27. The number of halogens is 1. The molecular weight excluding hydrogens is 312 g/mol. The second-order valence-corrected chi connectivity index (χ2v) is 5.51. The van der Waals surface area contributed by atoms with Gasteiger partial charge in [0.1, 0.15) is 11.7 Å². The molecule has 1 unspecified atom stereocenters. The van der Waals surface area contributed by atoms with E-state index < -0.39 is 0 Å². The van der Waals surface area contributed by atoms with Crippen molar-refractivity contribution in [1.29, 1.82) is 0 Å². The van der Waals surface area contributed by atoms with Crippen LogP contribution in [0.2, 0.25) is 5.02 Å². The lowest BCUT2D eigenvalue weighted by atomic mass is 10.1. The van der Waals surface area contributed by atoms with Crippen LogP contribution in [0.4, 0.5) is 4.79 Å². The number of hydrogen-bond donors (Lipinski definition) is 1. The number of carbonyl (C=O) groups excluding carboxylic acids is 1. The third-order valence-electron chi connectivity index (χ3n) is 3.35. The third-order valence-corrected chi connectivity index (χ3v) is 3.85. The van der Waals surface area contributed by atoms with Gasteiger partial charge in [-0.25, -0.2) is 0 Å². The van der Waals surface area contributed by atoms with Crippen LogP contribution in [0.5, 0.6) is 0 Å². The minimum absolute atomic E-state index is 0.277. The van der Waals surface area contributed by atoms with Gasteiger partial charge in [0.25, 0.3) is 5.24 Å². The lowest BCUT2D eigenvalue weighted by molar-refractivity contribution is 0.0152. The minimum atomic E-state index is -0.296. The van der Waals surface area contributed by atoms with Crippen molar-refractivity contribution in [1.82, 2.24) is 10.1 Å². The van der Waals surface area contributed by atoms with Crippen molar-refractivity contribution in [2.24, 2.45) is 0 Å². The second kappa shape index (κ2) is 6.09. The van der Waals surface area contributed by atoms with Gasteiger partial charge >= 0.3 is 0 Å². The molecule has 110 valence electrons. The molecule has 7 heteroatoms. The first kappa shape index (κ1) is 14.4. The van der Waals surface area contributed by atoms with Crippen LogP contribution >= 0.6 is 24.2 Å². The lowest BCUT2D eigenvalue weighted by Gasteiger charge is -2.32. The van der Waals surface area contributed by atoms with E-state index in [1.807, 2.05) is 12.1 Å². The van der Waals surface area contributed by atoms with Gasteiger partial charge < -0.3 is 14.2 Å². The molecule has 3 rings (SSSR count). The maximum atomic E-state index is 11.6. The molecule has 1 fully saturated rings. The molecule has 0 saturated carbocycles. The topological polar surface area (TPSA) is 55.6 Å². The van der Waals surface area contributed by atoms with Crippen LogP contribution in [0.1, 0.15) is 11.7 Å². The summed E-state index contributed by atoms with van der Waals surface area (Å²) in [4.78, 5) is 13.2. The van der Waals surface area contributed by atoms with Gasteiger partial charge in [-0.3, -0.25) is 4.79 Å². The smallest absolute Gasteiger partial charge is 0.279 e. The minimum Gasteiger partial charge on any atom is -0.377 e.